The summed E-state index contributed by atoms with van der Waals surface area (Å²) in [5.41, 5.74) is 5.21. The number of piperidine rings is 1. The molecule has 2 N–H and O–H groups in total. The Balaban J connectivity index is 1.66. The molecule has 20 heavy (non-hydrogen) atoms. The van der Waals surface area contributed by atoms with Crippen LogP contribution in [0.3, 0.4) is 0 Å². The van der Waals surface area contributed by atoms with Gasteiger partial charge in [-0.1, -0.05) is 12.1 Å². The largest absolute Gasteiger partial charge is 0.489 e. The number of hydrogen-bond acceptors (Lipinski definition) is 3. The van der Waals surface area contributed by atoms with Crippen LogP contribution in [0.25, 0.3) is 0 Å². The highest BCUT2D eigenvalue weighted by atomic mass is 19.1. The molecule has 1 aromatic carbocycles. The van der Waals surface area contributed by atoms with E-state index in [0.29, 0.717) is 24.7 Å². The van der Waals surface area contributed by atoms with Crippen molar-refractivity contribution in [1.29, 1.82) is 0 Å². The van der Waals surface area contributed by atoms with Crippen molar-refractivity contribution in [2.45, 2.75) is 19.3 Å². The SMILES string of the molecule is NC(=O)CC1CCN(CCOc2ccccc2F)CC1. The zero-order valence-corrected chi connectivity index (χ0v) is 11.6. The van der Waals surface area contributed by atoms with Crippen LogP contribution in [0, 0.1) is 11.7 Å². The Morgan fingerprint density at radius 3 is 2.70 bits per heavy atom. The minimum Gasteiger partial charge on any atom is -0.489 e. The summed E-state index contributed by atoms with van der Waals surface area (Å²) in [6.07, 6.45) is 2.46. The molecule has 1 aromatic rings. The number of para-hydroxylation sites is 1. The second kappa shape index (κ2) is 7.24. The summed E-state index contributed by atoms with van der Waals surface area (Å²) in [6.45, 7) is 3.14. The van der Waals surface area contributed by atoms with Crippen molar-refractivity contribution < 1.29 is 13.9 Å². The van der Waals surface area contributed by atoms with Crippen LogP contribution in [-0.2, 0) is 4.79 Å². The molecule has 0 unspecified atom stereocenters. The van der Waals surface area contributed by atoms with Crippen LogP contribution in [0.2, 0.25) is 0 Å². The number of nitrogens with zero attached hydrogens (tertiary/aromatic N) is 1. The van der Waals surface area contributed by atoms with E-state index in [1.165, 1.54) is 6.07 Å². The quantitative estimate of drug-likeness (QED) is 0.864. The van der Waals surface area contributed by atoms with Gasteiger partial charge in [-0.25, -0.2) is 4.39 Å². The Hall–Kier alpha value is -1.62. The predicted octanol–water partition coefficient (Wildman–Crippen LogP) is 1.79. The highest BCUT2D eigenvalue weighted by Crippen LogP contribution is 2.20. The van der Waals surface area contributed by atoms with Gasteiger partial charge in [-0.2, -0.15) is 0 Å². The average Bonchev–Trinajstić information content (AvgIpc) is 2.42. The number of ether oxygens (including phenoxy) is 1. The van der Waals surface area contributed by atoms with Crippen LogP contribution in [0.4, 0.5) is 4.39 Å². The molecule has 0 aromatic heterocycles. The number of nitrogens with two attached hydrogens (primary N) is 1. The number of halogens is 1. The summed E-state index contributed by atoms with van der Waals surface area (Å²) < 4.78 is 18.8. The van der Waals surface area contributed by atoms with Crippen molar-refractivity contribution in [3.63, 3.8) is 0 Å². The monoisotopic (exact) mass is 280 g/mol. The summed E-state index contributed by atoms with van der Waals surface area (Å²) in [5, 5.41) is 0. The number of carbonyl (C=O) groups is 1. The second-order valence-electron chi connectivity index (χ2n) is 5.23. The molecule has 4 nitrogen and oxygen atoms in total. The van der Waals surface area contributed by atoms with Crippen LogP contribution >= 0.6 is 0 Å². The number of primary amides is 1. The zero-order chi connectivity index (χ0) is 14.4. The lowest BCUT2D eigenvalue weighted by Gasteiger charge is -2.31. The van der Waals surface area contributed by atoms with Crippen LogP contribution in [0.5, 0.6) is 5.75 Å². The summed E-state index contributed by atoms with van der Waals surface area (Å²) >= 11 is 0. The van der Waals surface area contributed by atoms with Crippen LogP contribution in [0.1, 0.15) is 19.3 Å². The van der Waals surface area contributed by atoms with E-state index in [-0.39, 0.29) is 11.7 Å². The maximum Gasteiger partial charge on any atom is 0.217 e. The number of rotatable bonds is 6. The van der Waals surface area contributed by atoms with Gasteiger partial charge in [0.05, 0.1) is 0 Å². The van der Waals surface area contributed by atoms with Gasteiger partial charge < -0.3 is 10.5 Å². The normalized spacial score (nSPS) is 17.1. The molecule has 110 valence electrons. The fourth-order valence-electron chi connectivity index (χ4n) is 2.55. The lowest BCUT2D eigenvalue weighted by Crippen LogP contribution is -2.37. The fraction of sp³-hybridized carbons (Fsp3) is 0.533. The van der Waals surface area contributed by atoms with Crippen LogP contribution in [0.15, 0.2) is 24.3 Å². The molecule has 1 heterocycles. The lowest BCUT2D eigenvalue weighted by molar-refractivity contribution is -0.119. The Morgan fingerprint density at radius 2 is 2.05 bits per heavy atom. The molecule has 0 bridgehead atoms. The molecular formula is C15H21FN2O2. The van der Waals surface area contributed by atoms with Gasteiger partial charge >= 0.3 is 0 Å². The minimum atomic E-state index is -0.326. The van der Waals surface area contributed by atoms with E-state index < -0.39 is 0 Å². The van der Waals surface area contributed by atoms with Gasteiger partial charge in [0.2, 0.25) is 5.91 Å². The highest BCUT2D eigenvalue weighted by Gasteiger charge is 2.20. The molecule has 1 amide bonds. The first-order chi connectivity index (χ1) is 9.65. The van der Waals surface area contributed by atoms with E-state index in [1.54, 1.807) is 18.2 Å². The van der Waals surface area contributed by atoms with Gasteiger partial charge in [0.15, 0.2) is 11.6 Å². The number of likely N-dealkylation sites (tertiary alicyclic amines) is 1. The molecule has 0 atom stereocenters. The van der Waals surface area contributed by atoms with E-state index in [9.17, 15) is 9.18 Å². The van der Waals surface area contributed by atoms with E-state index >= 15 is 0 Å². The first kappa shape index (κ1) is 14.8. The topological polar surface area (TPSA) is 55.6 Å². The summed E-state index contributed by atoms with van der Waals surface area (Å²) in [7, 11) is 0. The van der Waals surface area contributed by atoms with Gasteiger partial charge in [-0.05, 0) is 44.0 Å². The third kappa shape index (κ3) is 4.49. The Labute approximate surface area is 118 Å². The van der Waals surface area contributed by atoms with Crippen LogP contribution in [-0.4, -0.2) is 37.0 Å². The molecule has 2 rings (SSSR count). The predicted molar refractivity (Wildman–Crippen MR) is 74.9 cm³/mol. The third-order valence-corrected chi connectivity index (χ3v) is 3.70. The third-order valence-electron chi connectivity index (χ3n) is 3.70. The van der Waals surface area contributed by atoms with Gasteiger partial charge in [-0.3, -0.25) is 9.69 Å². The van der Waals surface area contributed by atoms with Gasteiger partial charge in [0.25, 0.3) is 0 Å². The fourth-order valence-corrected chi connectivity index (χ4v) is 2.55. The number of amides is 1. The van der Waals surface area contributed by atoms with Crippen molar-refractivity contribution in [2.24, 2.45) is 11.7 Å². The maximum atomic E-state index is 13.3. The Kier molecular flexibility index (Phi) is 5.35. The molecule has 1 saturated heterocycles. The molecule has 0 spiro atoms. The van der Waals surface area contributed by atoms with Gasteiger partial charge in [0, 0.05) is 13.0 Å². The number of benzene rings is 1. The molecule has 1 aliphatic heterocycles. The molecule has 1 aliphatic rings. The molecule has 1 fully saturated rings. The molecule has 5 heteroatoms. The van der Waals surface area contributed by atoms with Gasteiger partial charge in [-0.15, -0.1) is 0 Å². The number of carbonyl (C=O) groups excluding carboxylic acids is 1. The standard InChI is InChI=1S/C15H21FN2O2/c16-13-3-1-2-4-14(13)20-10-9-18-7-5-12(6-8-18)11-15(17)19/h1-4,12H,5-11H2,(H2,17,19). The molecular weight excluding hydrogens is 259 g/mol. The highest BCUT2D eigenvalue weighted by molar-refractivity contribution is 5.73. The van der Waals surface area contributed by atoms with E-state index in [2.05, 4.69) is 4.90 Å². The van der Waals surface area contributed by atoms with E-state index in [0.717, 1.165) is 32.5 Å². The van der Waals surface area contributed by atoms with Crippen molar-refractivity contribution in [2.75, 3.05) is 26.2 Å². The van der Waals surface area contributed by atoms with Crippen molar-refractivity contribution in [1.82, 2.24) is 4.90 Å². The Morgan fingerprint density at radius 1 is 1.35 bits per heavy atom. The van der Waals surface area contributed by atoms with Crippen molar-refractivity contribution >= 4 is 5.91 Å². The maximum absolute atomic E-state index is 13.3. The zero-order valence-electron chi connectivity index (χ0n) is 11.6. The summed E-state index contributed by atoms with van der Waals surface area (Å²) in [4.78, 5) is 13.1. The lowest BCUT2D eigenvalue weighted by atomic mass is 9.93. The van der Waals surface area contributed by atoms with Crippen molar-refractivity contribution in [3.05, 3.63) is 30.1 Å². The average molecular weight is 280 g/mol. The summed E-state index contributed by atoms with van der Waals surface area (Å²) in [6, 6.07) is 6.43. The molecule has 0 radical (unpaired) electrons. The first-order valence-corrected chi connectivity index (χ1v) is 7.03. The smallest absolute Gasteiger partial charge is 0.217 e. The Bertz CT molecular complexity index is 445. The van der Waals surface area contributed by atoms with E-state index in [4.69, 9.17) is 10.5 Å². The van der Waals surface area contributed by atoms with Crippen molar-refractivity contribution in [3.8, 4) is 5.75 Å². The minimum absolute atomic E-state index is 0.216. The second-order valence-corrected chi connectivity index (χ2v) is 5.23. The number of hydrogen-bond donors (Lipinski definition) is 1. The van der Waals surface area contributed by atoms with Crippen LogP contribution < -0.4 is 10.5 Å². The molecule has 0 saturated carbocycles. The van der Waals surface area contributed by atoms with Gasteiger partial charge in [0.1, 0.15) is 6.61 Å². The van der Waals surface area contributed by atoms with E-state index in [1.807, 2.05) is 0 Å². The summed E-state index contributed by atoms with van der Waals surface area (Å²) in [5.74, 6) is 0.173. The molecule has 0 aliphatic carbocycles. The first-order valence-electron chi connectivity index (χ1n) is 7.03.